The first-order chi connectivity index (χ1) is 9.08. The van der Waals surface area contributed by atoms with Gasteiger partial charge < -0.3 is 19.5 Å². The molecule has 2 rings (SSSR count). The molecule has 0 radical (unpaired) electrons. The number of aromatic carboxylic acids is 1. The lowest BCUT2D eigenvalue weighted by Gasteiger charge is -2.30. The molecule has 0 saturated carbocycles. The second-order valence-electron chi connectivity index (χ2n) is 4.82. The Morgan fingerprint density at radius 1 is 1.58 bits per heavy atom. The number of carboxylic acid groups (broad SMARTS) is 1. The van der Waals surface area contributed by atoms with E-state index in [1.54, 1.807) is 12.1 Å². The minimum absolute atomic E-state index is 0.0139. The minimum atomic E-state index is -0.972. The van der Waals surface area contributed by atoms with E-state index in [9.17, 15) is 4.79 Å². The van der Waals surface area contributed by atoms with E-state index >= 15 is 0 Å². The first kappa shape index (κ1) is 13.8. The molecule has 0 amide bonds. The number of morpholine rings is 1. The van der Waals surface area contributed by atoms with Gasteiger partial charge in [0.2, 0.25) is 0 Å². The first-order valence-corrected chi connectivity index (χ1v) is 6.34. The lowest BCUT2D eigenvalue weighted by atomic mass is 10.1. The molecular formula is C14H19NO4. The fourth-order valence-electron chi connectivity index (χ4n) is 2.16. The molecule has 0 aliphatic carbocycles. The fourth-order valence-corrected chi connectivity index (χ4v) is 2.16. The zero-order valence-corrected chi connectivity index (χ0v) is 11.3. The van der Waals surface area contributed by atoms with E-state index in [-0.39, 0.29) is 11.7 Å². The van der Waals surface area contributed by atoms with Crippen molar-refractivity contribution < 1.29 is 19.4 Å². The zero-order chi connectivity index (χ0) is 13.8. The molecule has 1 fully saturated rings. The van der Waals surface area contributed by atoms with Crippen LogP contribution in [0.1, 0.15) is 15.9 Å². The maximum absolute atomic E-state index is 11.2. The summed E-state index contributed by atoms with van der Waals surface area (Å²) in [5.41, 5.74) is 1.02. The van der Waals surface area contributed by atoms with Gasteiger partial charge in [0.15, 0.2) is 0 Å². The molecule has 1 atom stereocenters. The standard InChI is InChI=1S/C14H19NO4/c1-10-4-3-5-12(14(16)17)13(10)19-9-11-8-15(2)6-7-18-11/h3-5,11H,6-9H2,1-2H3,(H,16,17). The number of para-hydroxylation sites is 1. The van der Waals surface area contributed by atoms with Gasteiger partial charge in [-0.1, -0.05) is 12.1 Å². The number of rotatable bonds is 4. The molecule has 0 bridgehead atoms. The van der Waals surface area contributed by atoms with Crippen molar-refractivity contribution in [1.82, 2.24) is 4.90 Å². The average Bonchev–Trinajstić information content (AvgIpc) is 2.37. The van der Waals surface area contributed by atoms with E-state index < -0.39 is 5.97 Å². The summed E-state index contributed by atoms with van der Waals surface area (Å²) in [6.45, 7) is 4.62. The Morgan fingerprint density at radius 2 is 2.37 bits per heavy atom. The second kappa shape index (κ2) is 6.04. The Kier molecular flexibility index (Phi) is 4.39. The van der Waals surface area contributed by atoms with Gasteiger partial charge in [-0.2, -0.15) is 0 Å². The number of nitrogens with zero attached hydrogens (tertiary/aromatic N) is 1. The van der Waals surface area contributed by atoms with Crippen LogP contribution in [0.3, 0.4) is 0 Å². The Labute approximate surface area is 112 Å². The third-order valence-electron chi connectivity index (χ3n) is 3.20. The van der Waals surface area contributed by atoms with Crippen LogP contribution in [-0.4, -0.2) is 55.4 Å². The number of hydrogen-bond donors (Lipinski definition) is 1. The van der Waals surface area contributed by atoms with Crippen LogP contribution in [0, 0.1) is 6.92 Å². The summed E-state index contributed by atoms with van der Waals surface area (Å²) in [7, 11) is 2.03. The van der Waals surface area contributed by atoms with Crippen molar-refractivity contribution in [3.05, 3.63) is 29.3 Å². The van der Waals surface area contributed by atoms with Crippen molar-refractivity contribution in [2.45, 2.75) is 13.0 Å². The van der Waals surface area contributed by atoms with Crippen LogP contribution < -0.4 is 4.74 Å². The smallest absolute Gasteiger partial charge is 0.339 e. The van der Waals surface area contributed by atoms with E-state index in [4.69, 9.17) is 14.6 Å². The van der Waals surface area contributed by atoms with Gasteiger partial charge in [0.1, 0.15) is 24.0 Å². The summed E-state index contributed by atoms with van der Waals surface area (Å²) < 4.78 is 11.3. The Morgan fingerprint density at radius 3 is 3.05 bits per heavy atom. The van der Waals surface area contributed by atoms with E-state index in [2.05, 4.69) is 4.90 Å². The van der Waals surface area contributed by atoms with Gasteiger partial charge >= 0.3 is 5.97 Å². The fraction of sp³-hybridized carbons (Fsp3) is 0.500. The minimum Gasteiger partial charge on any atom is -0.490 e. The van der Waals surface area contributed by atoms with Crippen LogP contribution in [0.25, 0.3) is 0 Å². The molecule has 104 valence electrons. The van der Waals surface area contributed by atoms with Gasteiger partial charge in [-0.3, -0.25) is 0 Å². The number of hydrogen-bond acceptors (Lipinski definition) is 4. The average molecular weight is 265 g/mol. The molecule has 5 heteroatoms. The highest BCUT2D eigenvalue weighted by molar-refractivity contribution is 5.91. The normalized spacial score (nSPS) is 20.2. The molecule has 1 aromatic carbocycles. The highest BCUT2D eigenvalue weighted by Crippen LogP contribution is 2.24. The van der Waals surface area contributed by atoms with E-state index in [0.717, 1.165) is 18.7 Å². The molecule has 0 aromatic heterocycles. The quantitative estimate of drug-likeness (QED) is 0.891. The Bertz CT molecular complexity index is 461. The first-order valence-electron chi connectivity index (χ1n) is 6.34. The van der Waals surface area contributed by atoms with Gasteiger partial charge in [-0.25, -0.2) is 4.79 Å². The topological polar surface area (TPSA) is 59.0 Å². The predicted octanol–water partition coefficient (Wildman–Crippen LogP) is 1.40. The van der Waals surface area contributed by atoms with Crippen LogP contribution in [0.15, 0.2) is 18.2 Å². The monoisotopic (exact) mass is 265 g/mol. The summed E-state index contributed by atoms with van der Waals surface area (Å²) in [6.07, 6.45) is -0.0139. The largest absolute Gasteiger partial charge is 0.490 e. The van der Waals surface area contributed by atoms with Crippen molar-refractivity contribution in [3.8, 4) is 5.75 Å². The number of carboxylic acids is 1. The molecule has 1 unspecified atom stereocenters. The third kappa shape index (κ3) is 3.45. The molecular weight excluding hydrogens is 246 g/mol. The van der Waals surface area contributed by atoms with Crippen LogP contribution in [0.2, 0.25) is 0 Å². The Balaban J connectivity index is 2.04. The second-order valence-corrected chi connectivity index (χ2v) is 4.82. The van der Waals surface area contributed by atoms with Crippen molar-refractivity contribution in [3.63, 3.8) is 0 Å². The summed E-state index contributed by atoms with van der Waals surface area (Å²) in [5, 5.41) is 9.15. The molecule has 1 N–H and O–H groups in total. The Hall–Kier alpha value is -1.59. The van der Waals surface area contributed by atoms with Crippen molar-refractivity contribution in [1.29, 1.82) is 0 Å². The van der Waals surface area contributed by atoms with Gasteiger partial charge in [0.25, 0.3) is 0 Å². The maximum atomic E-state index is 11.2. The molecule has 1 aliphatic rings. The zero-order valence-electron chi connectivity index (χ0n) is 11.3. The molecule has 0 spiro atoms. The van der Waals surface area contributed by atoms with Crippen LogP contribution >= 0.6 is 0 Å². The molecule has 1 heterocycles. The van der Waals surface area contributed by atoms with E-state index in [1.807, 2.05) is 20.0 Å². The SMILES string of the molecule is Cc1cccc(C(=O)O)c1OCC1CN(C)CCO1. The molecule has 19 heavy (non-hydrogen) atoms. The van der Waals surface area contributed by atoms with Crippen molar-refractivity contribution in [2.75, 3.05) is 33.4 Å². The van der Waals surface area contributed by atoms with Crippen LogP contribution in [0.5, 0.6) is 5.75 Å². The number of likely N-dealkylation sites (N-methyl/N-ethyl adjacent to an activating group) is 1. The molecule has 1 aliphatic heterocycles. The summed E-state index contributed by atoms with van der Waals surface area (Å²) in [5.74, 6) is -0.535. The van der Waals surface area contributed by atoms with Crippen LogP contribution in [-0.2, 0) is 4.74 Å². The number of carbonyl (C=O) groups is 1. The summed E-state index contributed by atoms with van der Waals surface area (Å²) >= 11 is 0. The highest BCUT2D eigenvalue weighted by atomic mass is 16.5. The predicted molar refractivity (Wildman–Crippen MR) is 70.9 cm³/mol. The van der Waals surface area contributed by atoms with E-state index in [1.165, 1.54) is 0 Å². The highest BCUT2D eigenvalue weighted by Gasteiger charge is 2.20. The maximum Gasteiger partial charge on any atom is 0.339 e. The number of aryl methyl sites for hydroxylation is 1. The van der Waals surface area contributed by atoms with Crippen molar-refractivity contribution in [2.24, 2.45) is 0 Å². The third-order valence-corrected chi connectivity index (χ3v) is 3.20. The number of benzene rings is 1. The van der Waals surface area contributed by atoms with Gasteiger partial charge in [0.05, 0.1) is 6.61 Å². The molecule has 1 saturated heterocycles. The van der Waals surface area contributed by atoms with Gasteiger partial charge in [0, 0.05) is 13.1 Å². The lowest BCUT2D eigenvalue weighted by molar-refractivity contribution is -0.0405. The van der Waals surface area contributed by atoms with Crippen molar-refractivity contribution >= 4 is 5.97 Å². The van der Waals surface area contributed by atoms with Gasteiger partial charge in [-0.05, 0) is 25.6 Å². The van der Waals surface area contributed by atoms with E-state index in [0.29, 0.717) is 19.0 Å². The van der Waals surface area contributed by atoms with Crippen LogP contribution in [0.4, 0.5) is 0 Å². The summed E-state index contributed by atoms with van der Waals surface area (Å²) in [6, 6.07) is 5.12. The molecule has 1 aromatic rings. The summed E-state index contributed by atoms with van der Waals surface area (Å²) in [4.78, 5) is 13.3. The lowest BCUT2D eigenvalue weighted by Crippen LogP contribution is -2.42. The molecule has 5 nitrogen and oxygen atoms in total. The number of ether oxygens (including phenoxy) is 2. The van der Waals surface area contributed by atoms with Gasteiger partial charge in [-0.15, -0.1) is 0 Å².